The number of esters is 1. The fourth-order valence-corrected chi connectivity index (χ4v) is 3.69. The molecule has 0 saturated heterocycles. The summed E-state index contributed by atoms with van der Waals surface area (Å²) in [7, 11) is 0. The van der Waals surface area contributed by atoms with Crippen molar-refractivity contribution in [3.8, 4) is 0 Å². The topological polar surface area (TPSA) is 26.3 Å². The third-order valence-corrected chi connectivity index (χ3v) is 4.76. The SMILES string of the molecule is O=C1O[C@@H](c2c3ccccc3cc3ccccc23)c2ccccc21. The molecule has 0 saturated carbocycles. The van der Waals surface area contributed by atoms with Gasteiger partial charge in [-0.25, -0.2) is 4.79 Å². The van der Waals surface area contributed by atoms with E-state index in [1.807, 2.05) is 48.5 Å². The van der Waals surface area contributed by atoms with Crippen LogP contribution >= 0.6 is 0 Å². The van der Waals surface area contributed by atoms with Crippen LogP contribution in [0.4, 0.5) is 0 Å². The van der Waals surface area contributed by atoms with Crippen molar-refractivity contribution in [1.82, 2.24) is 0 Å². The molecule has 0 N–H and O–H groups in total. The first kappa shape index (κ1) is 13.3. The van der Waals surface area contributed by atoms with E-state index < -0.39 is 0 Å². The van der Waals surface area contributed by atoms with Gasteiger partial charge in [0, 0.05) is 11.1 Å². The minimum atomic E-state index is -0.357. The molecular weight excluding hydrogens is 296 g/mol. The van der Waals surface area contributed by atoms with Gasteiger partial charge >= 0.3 is 5.97 Å². The molecule has 4 aromatic carbocycles. The molecule has 2 heteroatoms. The number of carbonyl (C=O) groups excluding carboxylic acids is 1. The first-order valence-electron chi connectivity index (χ1n) is 8.03. The highest BCUT2D eigenvalue weighted by atomic mass is 16.5. The van der Waals surface area contributed by atoms with Gasteiger partial charge in [-0.2, -0.15) is 0 Å². The van der Waals surface area contributed by atoms with E-state index in [1.165, 1.54) is 0 Å². The molecule has 0 spiro atoms. The molecule has 0 radical (unpaired) electrons. The van der Waals surface area contributed by atoms with Crippen molar-refractivity contribution in [2.45, 2.75) is 6.10 Å². The second-order valence-electron chi connectivity index (χ2n) is 6.11. The van der Waals surface area contributed by atoms with Gasteiger partial charge in [0.1, 0.15) is 0 Å². The molecule has 1 heterocycles. The van der Waals surface area contributed by atoms with Crippen LogP contribution in [0.1, 0.15) is 27.6 Å². The fraction of sp³-hybridized carbons (Fsp3) is 0.0455. The maximum Gasteiger partial charge on any atom is 0.339 e. The van der Waals surface area contributed by atoms with Gasteiger partial charge in [0.25, 0.3) is 0 Å². The Balaban J connectivity index is 1.90. The summed E-state index contributed by atoms with van der Waals surface area (Å²) in [5.74, 6) is -0.243. The van der Waals surface area contributed by atoms with Gasteiger partial charge in [0.2, 0.25) is 0 Å². The number of cyclic esters (lactones) is 1. The zero-order valence-corrected chi connectivity index (χ0v) is 12.9. The monoisotopic (exact) mass is 310 g/mol. The first-order chi connectivity index (χ1) is 11.8. The Labute approximate surface area is 139 Å². The highest BCUT2D eigenvalue weighted by molar-refractivity contribution is 6.04. The lowest BCUT2D eigenvalue weighted by Gasteiger charge is -2.17. The zero-order chi connectivity index (χ0) is 16.1. The fourth-order valence-electron chi connectivity index (χ4n) is 3.69. The summed E-state index contributed by atoms with van der Waals surface area (Å²) in [4.78, 5) is 12.3. The van der Waals surface area contributed by atoms with Gasteiger partial charge in [-0.15, -0.1) is 0 Å². The molecule has 0 fully saturated rings. The Hall–Kier alpha value is -3.13. The molecule has 0 aliphatic carbocycles. The molecule has 5 rings (SSSR count). The number of ether oxygens (including phenoxy) is 1. The zero-order valence-electron chi connectivity index (χ0n) is 12.9. The minimum Gasteiger partial charge on any atom is -0.449 e. The van der Waals surface area contributed by atoms with Gasteiger partial charge in [-0.1, -0.05) is 66.7 Å². The van der Waals surface area contributed by atoms with Crippen LogP contribution in [-0.4, -0.2) is 5.97 Å². The summed E-state index contributed by atoms with van der Waals surface area (Å²) >= 11 is 0. The van der Waals surface area contributed by atoms with Crippen molar-refractivity contribution in [1.29, 1.82) is 0 Å². The normalized spacial score (nSPS) is 16.3. The molecule has 2 nitrogen and oxygen atoms in total. The van der Waals surface area contributed by atoms with E-state index >= 15 is 0 Å². The van der Waals surface area contributed by atoms with Crippen molar-refractivity contribution in [2.75, 3.05) is 0 Å². The number of hydrogen-bond acceptors (Lipinski definition) is 2. The van der Waals surface area contributed by atoms with Gasteiger partial charge in [0.05, 0.1) is 5.56 Å². The molecule has 0 amide bonds. The van der Waals surface area contributed by atoms with Gasteiger partial charge < -0.3 is 4.74 Å². The first-order valence-corrected chi connectivity index (χ1v) is 8.03. The van der Waals surface area contributed by atoms with Crippen molar-refractivity contribution in [3.63, 3.8) is 0 Å². The van der Waals surface area contributed by atoms with E-state index in [-0.39, 0.29) is 12.1 Å². The number of carbonyl (C=O) groups is 1. The summed E-state index contributed by atoms with van der Waals surface area (Å²) in [5, 5.41) is 4.58. The van der Waals surface area contributed by atoms with Crippen LogP contribution in [0.15, 0.2) is 78.9 Å². The number of fused-ring (bicyclic) bond motifs is 3. The Kier molecular flexibility index (Phi) is 2.74. The average molecular weight is 310 g/mol. The minimum absolute atomic E-state index is 0.243. The van der Waals surface area contributed by atoms with Gasteiger partial charge in [0.15, 0.2) is 6.10 Å². The largest absolute Gasteiger partial charge is 0.449 e. The third kappa shape index (κ3) is 1.80. The Morgan fingerprint density at radius 1 is 0.708 bits per heavy atom. The second kappa shape index (κ2) is 4.93. The lowest BCUT2D eigenvalue weighted by atomic mass is 9.90. The lowest BCUT2D eigenvalue weighted by Crippen LogP contribution is -2.03. The smallest absolute Gasteiger partial charge is 0.339 e. The van der Waals surface area contributed by atoms with Gasteiger partial charge in [-0.3, -0.25) is 0 Å². The molecule has 0 unspecified atom stereocenters. The predicted molar refractivity (Wildman–Crippen MR) is 95.2 cm³/mol. The van der Waals surface area contributed by atoms with Crippen molar-refractivity contribution in [2.24, 2.45) is 0 Å². The highest BCUT2D eigenvalue weighted by Gasteiger charge is 2.33. The molecule has 0 aromatic heterocycles. The Morgan fingerprint density at radius 3 is 2.00 bits per heavy atom. The lowest BCUT2D eigenvalue weighted by molar-refractivity contribution is 0.0460. The Morgan fingerprint density at radius 2 is 1.29 bits per heavy atom. The standard InChI is InChI=1S/C22H14O2/c23-22-19-12-6-5-11-18(19)21(24-22)20-16-9-3-1-7-14(16)13-15-8-2-4-10-17(15)20/h1-13,21H/t21-/m1/s1. The van der Waals surface area contributed by atoms with E-state index in [2.05, 4.69) is 30.3 Å². The van der Waals surface area contributed by atoms with Crippen LogP contribution in [0.2, 0.25) is 0 Å². The summed E-state index contributed by atoms with van der Waals surface area (Å²) in [5.41, 5.74) is 2.69. The van der Waals surface area contributed by atoms with Crippen molar-refractivity contribution < 1.29 is 9.53 Å². The Bertz CT molecular complexity index is 1060. The van der Waals surface area contributed by atoms with Crippen LogP contribution in [-0.2, 0) is 4.74 Å². The van der Waals surface area contributed by atoms with Crippen LogP contribution in [0.3, 0.4) is 0 Å². The van der Waals surface area contributed by atoms with Crippen molar-refractivity contribution in [3.05, 3.63) is 95.6 Å². The maximum absolute atomic E-state index is 12.3. The molecule has 114 valence electrons. The highest BCUT2D eigenvalue weighted by Crippen LogP contribution is 2.42. The maximum atomic E-state index is 12.3. The molecule has 4 aromatic rings. The molecule has 1 atom stereocenters. The second-order valence-corrected chi connectivity index (χ2v) is 6.11. The van der Waals surface area contributed by atoms with Crippen LogP contribution in [0, 0.1) is 0 Å². The molecule has 1 aliphatic rings. The van der Waals surface area contributed by atoms with E-state index in [4.69, 9.17) is 4.74 Å². The quantitative estimate of drug-likeness (QED) is 0.354. The van der Waals surface area contributed by atoms with Crippen LogP contribution < -0.4 is 0 Å². The van der Waals surface area contributed by atoms with Gasteiger partial charge in [-0.05, 0) is 33.7 Å². The summed E-state index contributed by atoms with van der Waals surface area (Å²) in [6.45, 7) is 0. The molecule has 24 heavy (non-hydrogen) atoms. The molecule has 1 aliphatic heterocycles. The van der Waals surface area contributed by atoms with E-state index in [1.54, 1.807) is 0 Å². The predicted octanol–water partition coefficient (Wildman–Crippen LogP) is 5.25. The number of benzene rings is 4. The van der Waals surface area contributed by atoms with Crippen LogP contribution in [0.25, 0.3) is 21.5 Å². The molecule has 0 bridgehead atoms. The van der Waals surface area contributed by atoms with Crippen LogP contribution in [0.5, 0.6) is 0 Å². The third-order valence-electron chi connectivity index (χ3n) is 4.76. The average Bonchev–Trinajstić information content (AvgIpc) is 2.96. The number of rotatable bonds is 1. The van der Waals surface area contributed by atoms with E-state index in [0.717, 1.165) is 32.7 Å². The van der Waals surface area contributed by atoms with E-state index in [0.29, 0.717) is 5.56 Å². The summed E-state index contributed by atoms with van der Waals surface area (Å²) in [6.07, 6.45) is -0.357. The van der Waals surface area contributed by atoms with Crippen molar-refractivity contribution >= 4 is 27.5 Å². The van der Waals surface area contributed by atoms with E-state index in [9.17, 15) is 4.79 Å². The number of hydrogen-bond donors (Lipinski definition) is 0. The molecular formula is C22H14O2. The summed E-state index contributed by atoms with van der Waals surface area (Å²) < 4.78 is 5.80. The summed E-state index contributed by atoms with van der Waals surface area (Å²) in [6, 6.07) is 26.4.